The van der Waals surface area contributed by atoms with Crippen LogP contribution in [-0.2, 0) is 0 Å². The maximum Gasteiger partial charge on any atom is 0.142 e. The number of rotatable bonds is 4. The van der Waals surface area contributed by atoms with Gasteiger partial charge in [-0.3, -0.25) is 5.43 Å². The summed E-state index contributed by atoms with van der Waals surface area (Å²) >= 11 is 15.7. The van der Waals surface area contributed by atoms with Gasteiger partial charge in [0.15, 0.2) is 0 Å². The molecule has 0 atom stereocenters. The van der Waals surface area contributed by atoms with Crippen molar-refractivity contribution in [3.05, 3.63) is 74.4 Å². The standard InChI is InChI=1S/C17H13BrCl2N4/c1-11-16(10-21-22-14-6-4-13(19)5-7-14)17(20)24(23-11)15-8-2-12(18)3-9-15/h2-10,22H,1H3/b21-10-. The van der Waals surface area contributed by atoms with Crippen LogP contribution in [0.2, 0.25) is 10.2 Å². The average molecular weight is 424 g/mol. The first-order valence-electron chi connectivity index (χ1n) is 7.10. The third-order valence-electron chi connectivity index (χ3n) is 3.35. The number of benzene rings is 2. The van der Waals surface area contributed by atoms with E-state index in [9.17, 15) is 0 Å². The average Bonchev–Trinajstić information content (AvgIpc) is 2.85. The van der Waals surface area contributed by atoms with E-state index in [2.05, 4.69) is 31.6 Å². The van der Waals surface area contributed by atoms with E-state index < -0.39 is 0 Å². The lowest BCUT2D eigenvalue weighted by Gasteiger charge is -2.03. The molecular formula is C17H13BrCl2N4. The van der Waals surface area contributed by atoms with Gasteiger partial charge in [0.2, 0.25) is 0 Å². The van der Waals surface area contributed by atoms with Crippen LogP contribution in [0.4, 0.5) is 5.69 Å². The van der Waals surface area contributed by atoms with E-state index in [4.69, 9.17) is 23.2 Å². The molecule has 1 heterocycles. The van der Waals surface area contributed by atoms with Gasteiger partial charge in [0, 0.05) is 9.50 Å². The van der Waals surface area contributed by atoms with Crippen molar-refractivity contribution in [3.63, 3.8) is 0 Å². The largest absolute Gasteiger partial charge is 0.279 e. The Morgan fingerprint density at radius 2 is 1.75 bits per heavy atom. The van der Waals surface area contributed by atoms with E-state index in [1.807, 2.05) is 43.3 Å². The minimum Gasteiger partial charge on any atom is -0.279 e. The maximum absolute atomic E-state index is 6.46. The van der Waals surface area contributed by atoms with Crippen molar-refractivity contribution in [3.8, 4) is 5.69 Å². The van der Waals surface area contributed by atoms with Gasteiger partial charge in [0.25, 0.3) is 0 Å². The highest BCUT2D eigenvalue weighted by Gasteiger charge is 2.13. The first-order valence-corrected chi connectivity index (χ1v) is 8.65. The van der Waals surface area contributed by atoms with Gasteiger partial charge in [-0.2, -0.15) is 10.2 Å². The number of nitrogens with one attached hydrogen (secondary N) is 1. The second-order valence-corrected chi connectivity index (χ2v) is 6.77. The van der Waals surface area contributed by atoms with Crippen LogP contribution in [0.3, 0.4) is 0 Å². The fraction of sp³-hybridized carbons (Fsp3) is 0.0588. The quantitative estimate of drug-likeness (QED) is 0.432. The van der Waals surface area contributed by atoms with Crippen LogP contribution in [0.25, 0.3) is 5.69 Å². The molecule has 122 valence electrons. The van der Waals surface area contributed by atoms with Crippen LogP contribution in [0.1, 0.15) is 11.3 Å². The van der Waals surface area contributed by atoms with Gasteiger partial charge in [-0.05, 0) is 55.5 Å². The van der Waals surface area contributed by atoms with Crippen LogP contribution in [0.5, 0.6) is 0 Å². The summed E-state index contributed by atoms with van der Waals surface area (Å²) in [5, 5.41) is 9.89. The van der Waals surface area contributed by atoms with E-state index in [1.165, 1.54) is 0 Å². The predicted molar refractivity (Wildman–Crippen MR) is 104 cm³/mol. The summed E-state index contributed by atoms with van der Waals surface area (Å²) in [7, 11) is 0. The minimum absolute atomic E-state index is 0.511. The molecule has 3 rings (SSSR count). The van der Waals surface area contributed by atoms with Gasteiger partial charge in [0.05, 0.1) is 28.8 Å². The topological polar surface area (TPSA) is 42.2 Å². The Morgan fingerprint density at radius 3 is 2.42 bits per heavy atom. The summed E-state index contributed by atoms with van der Waals surface area (Å²) in [5.74, 6) is 0. The molecule has 0 unspecified atom stereocenters. The fourth-order valence-electron chi connectivity index (χ4n) is 2.11. The van der Waals surface area contributed by atoms with Crippen LogP contribution in [-0.4, -0.2) is 16.0 Å². The number of hydrazone groups is 1. The molecule has 0 aliphatic rings. The highest BCUT2D eigenvalue weighted by Crippen LogP contribution is 2.23. The zero-order valence-corrected chi connectivity index (χ0v) is 15.8. The zero-order chi connectivity index (χ0) is 17.1. The van der Waals surface area contributed by atoms with Crippen molar-refractivity contribution in [1.29, 1.82) is 0 Å². The van der Waals surface area contributed by atoms with Crippen molar-refractivity contribution >= 4 is 51.0 Å². The number of aromatic nitrogens is 2. The Bertz CT molecular complexity index is 871. The molecule has 0 radical (unpaired) electrons. The Kier molecular flexibility index (Phi) is 5.23. The molecule has 0 aliphatic heterocycles. The number of hydrogen-bond acceptors (Lipinski definition) is 3. The monoisotopic (exact) mass is 422 g/mol. The predicted octanol–water partition coefficient (Wildman–Crippen LogP) is 5.70. The smallest absolute Gasteiger partial charge is 0.142 e. The number of halogens is 3. The normalized spacial score (nSPS) is 11.2. The molecule has 24 heavy (non-hydrogen) atoms. The molecular weight excluding hydrogens is 411 g/mol. The summed E-state index contributed by atoms with van der Waals surface area (Å²) in [6.07, 6.45) is 1.66. The molecule has 0 spiro atoms. The molecule has 1 aromatic heterocycles. The number of aryl methyl sites for hydroxylation is 1. The lowest BCUT2D eigenvalue weighted by molar-refractivity contribution is 0.863. The first-order chi connectivity index (χ1) is 11.5. The van der Waals surface area contributed by atoms with Crippen molar-refractivity contribution in [2.24, 2.45) is 5.10 Å². The van der Waals surface area contributed by atoms with Gasteiger partial charge >= 0.3 is 0 Å². The highest BCUT2D eigenvalue weighted by atomic mass is 79.9. The van der Waals surface area contributed by atoms with Crippen LogP contribution < -0.4 is 5.43 Å². The van der Waals surface area contributed by atoms with E-state index in [-0.39, 0.29) is 0 Å². The van der Waals surface area contributed by atoms with E-state index >= 15 is 0 Å². The van der Waals surface area contributed by atoms with Crippen molar-refractivity contribution < 1.29 is 0 Å². The van der Waals surface area contributed by atoms with E-state index in [0.717, 1.165) is 27.1 Å². The summed E-state index contributed by atoms with van der Waals surface area (Å²) < 4.78 is 2.69. The minimum atomic E-state index is 0.511. The maximum atomic E-state index is 6.46. The van der Waals surface area contributed by atoms with Gasteiger partial charge in [-0.25, -0.2) is 4.68 Å². The molecule has 4 nitrogen and oxygen atoms in total. The van der Waals surface area contributed by atoms with Crippen LogP contribution >= 0.6 is 39.1 Å². The summed E-state index contributed by atoms with van der Waals surface area (Å²) in [4.78, 5) is 0. The Morgan fingerprint density at radius 1 is 1.08 bits per heavy atom. The number of nitrogens with zero attached hydrogens (tertiary/aromatic N) is 3. The lowest BCUT2D eigenvalue weighted by atomic mass is 10.3. The molecule has 2 aromatic carbocycles. The molecule has 0 saturated heterocycles. The van der Waals surface area contributed by atoms with Gasteiger partial charge in [-0.15, -0.1) is 0 Å². The van der Waals surface area contributed by atoms with E-state index in [0.29, 0.717) is 10.2 Å². The third kappa shape index (κ3) is 3.80. The highest BCUT2D eigenvalue weighted by molar-refractivity contribution is 9.10. The molecule has 7 heteroatoms. The van der Waals surface area contributed by atoms with Crippen molar-refractivity contribution in [2.75, 3.05) is 5.43 Å². The second-order valence-electron chi connectivity index (χ2n) is 5.06. The summed E-state index contributed by atoms with van der Waals surface area (Å²) in [6, 6.07) is 15.0. The molecule has 1 N–H and O–H groups in total. The SMILES string of the molecule is Cc1nn(-c2ccc(Br)cc2)c(Cl)c1/C=N\Nc1ccc(Cl)cc1. The first kappa shape index (κ1) is 17.0. The van der Waals surface area contributed by atoms with Crippen molar-refractivity contribution in [1.82, 2.24) is 9.78 Å². The third-order valence-corrected chi connectivity index (χ3v) is 4.50. The zero-order valence-electron chi connectivity index (χ0n) is 12.7. The van der Waals surface area contributed by atoms with Gasteiger partial charge in [0.1, 0.15) is 5.15 Å². The lowest BCUT2D eigenvalue weighted by Crippen LogP contribution is -1.96. The molecule has 3 aromatic rings. The Balaban J connectivity index is 1.82. The number of hydrogen-bond donors (Lipinski definition) is 1. The van der Waals surface area contributed by atoms with Gasteiger partial charge < -0.3 is 0 Å². The van der Waals surface area contributed by atoms with Crippen molar-refractivity contribution in [2.45, 2.75) is 6.92 Å². The molecule has 0 bridgehead atoms. The fourth-order valence-corrected chi connectivity index (χ4v) is 2.82. The molecule has 0 aliphatic carbocycles. The van der Waals surface area contributed by atoms with Crippen LogP contribution in [0.15, 0.2) is 58.1 Å². The summed E-state index contributed by atoms with van der Waals surface area (Å²) in [5.41, 5.74) is 6.22. The Labute approximate surface area is 158 Å². The molecule has 0 amide bonds. The van der Waals surface area contributed by atoms with Crippen LogP contribution in [0, 0.1) is 6.92 Å². The second kappa shape index (κ2) is 7.38. The summed E-state index contributed by atoms with van der Waals surface area (Å²) in [6.45, 7) is 1.89. The number of anilines is 1. The van der Waals surface area contributed by atoms with Gasteiger partial charge in [-0.1, -0.05) is 39.1 Å². The van der Waals surface area contributed by atoms with E-state index in [1.54, 1.807) is 23.0 Å². The Hall–Kier alpha value is -1.82. The molecule has 0 fully saturated rings. The molecule has 0 saturated carbocycles.